The van der Waals surface area contributed by atoms with Gasteiger partial charge in [0, 0.05) is 12.1 Å². The van der Waals surface area contributed by atoms with Crippen LogP contribution < -0.4 is 15.8 Å². The largest absolute Gasteiger partial charge is 0.430 e. The number of carbonyl (C=O) groups excluding carboxylic acids is 1. The molecule has 3 rings (SSSR count). The van der Waals surface area contributed by atoms with Crippen molar-refractivity contribution >= 4 is 34.1 Å². The third-order valence-corrected chi connectivity index (χ3v) is 5.55. The maximum absolute atomic E-state index is 12.5. The first-order chi connectivity index (χ1) is 15.1. The van der Waals surface area contributed by atoms with E-state index in [2.05, 4.69) is 12.2 Å². The Morgan fingerprint density at radius 2 is 1.65 bits per heavy atom. The number of ether oxygens (including phenoxy) is 1. The number of primary amides is 1. The third-order valence-electron chi connectivity index (χ3n) is 5.33. The number of carbonyl (C=O) groups is 1. The van der Waals surface area contributed by atoms with Crippen LogP contribution in [-0.4, -0.2) is 17.6 Å². The summed E-state index contributed by atoms with van der Waals surface area (Å²) in [6.45, 7) is 2.96. The van der Waals surface area contributed by atoms with Gasteiger partial charge in [0.2, 0.25) is 0 Å². The second-order valence-electron chi connectivity index (χ2n) is 7.66. The van der Waals surface area contributed by atoms with E-state index >= 15 is 0 Å². The molecule has 0 spiro atoms. The molecule has 0 bridgehead atoms. The van der Waals surface area contributed by atoms with E-state index in [0.29, 0.717) is 11.3 Å². The van der Waals surface area contributed by atoms with Crippen LogP contribution in [0.1, 0.15) is 55.8 Å². The first-order valence-corrected chi connectivity index (χ1v) is 11.4. The molecule has 3 aromatic carbocycles. The van der Waals surface area contributed by atoms with Gasteiger partial charge in [0.1, 0.15) is 0 Å². The molecule has 0 radical (unpaired) electrons. The Balaban J connectivity index is 1.85. The lowest BCUT2D eigenvalue weighted by Gasteiger charge is -2.18. The maximum atomic E-state index is 12.5. The number of fused-ring (bicyclic) bond motifs is 1. The van der Waals surface area contributed by atoms with Crippen molar-refractivity contribution in [3.8, 4) is 16.9 Å². The summed E-state index contributed by atoms with van der Waals surface area (Å²) < 4.78 is 6.07. The van der Waals surface area contributed by atoms with Gasteiger partial charge in [-0.05, 0) is 41.0 Å². The van der Waals surface area contributed by atoms with Crippen molar-refractivity contribution in [2.45, 2.75) is 45.4 Å². The van der Waals surface area contributed by atoms with E-state index in [-0.39, 0.29) is 5.17 Å². The van der Waals surface area contributed by atoms with Crippen molar-refractivity contribution in [2.75, 3.05) is 6.54 Å². The highest BCUT2D eigenvalue weighted by atomic mass is 32.1. The standard InChI is InChI=1S/C26H30N2O2S/c1-2-3-4-5-6-12-17-28-26(31)30-24-22(19-13-8-7-9-14-19)18-20-15-10-11-16-21(20)23(24)25(27)29/h7-11,13-16,18H,2-6,12,17H2,1H3,(H2,27,29)(H,28,31). The van der Waals surface area contributed by atoms with Gasteiger partial charge in [0.15, 0.2) is 5.75 Å². The number of nitrogens with one attached hydrogen (secondary N) is 1. The average molecular weight is 435 g/mol. The Morgan fingerprint density at radius 3 is 2.39 bits per heavy atom. The number of thiocarbonyl (C=S) groups is 1. The summed E-state index contributed by atoms with van der Waals surface area (Å²) in [6.07, 6.45) is 7.23. The molecule has 0 unspecified atom stereocenters. The molecule has 3 N–H and O–H groups in total. The summed E-state index contributed by atoms with van der Waals surface area (Å²) in [6, 6.07) is 19.5. The fourth-order valence-corrected chi connectivity index (χ4v) is 3.92. The number of nitrogens with two attached hydrogens (primary N) is 1. The van der Waals surface area contributed by atoms with E-state index in [0.717, 1.165) is 41.3 Å². The number of unbranched alkanes of at least 4 members (excludes halogenated alkanes) is 5. The third kappa shape index (κ3) is 6.05. The predicted molar refractivity (Wildman–Crippen MR) is 133 cm³/mol. The Kier molecular flexibility index (Phi) is 8.42. The van der Waals surface area contributed by atoms with Gasteiger partial charge >= 0.3 is 0 Å². The average Bonchev–Trinajstić information content (AvgIpc) is 2.78. The lowest BCUT2D eigenvalue weighted by molar-refractivity contribution is 0.1000. The summed E-state index contributed by atoms with van der Waals surface area (Å²) in [5.74, 6) is -0.138. The van der Waals surface area contributed by atoms with E-state index in [4.69, 9.17) is 22.7 Å². The molecule has 4 nitrogen and oxygen atoms in total. The van der Waals surface area contributed by atoms with E-state index in [1.165, 1.54) is 25.7 Å². The van der Waals surface area contributed by atoms with Crippen molar-refractivity contribution in [1.82, 2.24) is 5.32 Å². The fraction of sp³-hybridized carbons (Fsp3) is 0.308. The highest BCUT2D eigenvalue weighted by molar-refractivity contribution is 7.80. The van der Waals surface area contributed by atoms with Gasteiger partial charge in [0.05, 0.1) is 5.56 Å². The molecule has 0 saturated carbocycles. The lowest BCUT2D eigenvalue weighted by Crippen LogP contribution is -2.28. The van der Waals surface area contributed by atoms with Crippen molar-refractivity contribution in [3.05, 3.63) is 66.2 Å². The molecule has 0 aromatic heterocycles. The molecule has 0 atom stereocenters. The van der Waals surface area contributed by atoms with Crippen molar-refractivity contribution < 1.29 is 9.53 Å². The van der Waals surface area contributed by atoms with Crippen molar-refractivity contribution in [3.63, 3.8) is 0 Å². The lowest BCUT2D eigenvalue weighted by atomic mass is 9.95. The summed E-state index contributed by atoms with van der Waals surface area (Å²) in [7, 11) is 0. The second-order valence-corrected chi connectivity index (χ2v) is 8.03. The van der Waals surface area contributed by atoms with Crippen LogP contribution in [0.25, 0.3) is 21.9 Å². The van der Waals surface area contributed by atoms with Crippen LogP contribution in [0.15, 0.2) is 60.7 Å². The summed E-state index contributed by atoms with van der Waals surface area (Å²) in [4.78, 5) is 12.5. The smallest absolute Gasteiger partial charge is 0.262 e. The summed E-state index contributed by atoms with van der Waals surface area (Å²) >= 11 is 5.45. The molecular weight excluding hydrogens is 404 g/mol. The zero-order chi connectivity index (χ0) is 22.1. The molecule has 1 amide bonds. The van der Waals surface area contributed by atoms with Gasteiger partial charge in [-0.25, -0.2) is 0 Å². The minimum absolute atomic E-state index is 0.253. The van der Waals surface area contributed by atoms with Gasteiger partial charge in [-0.2, -0.15) is 0 Å². The predicted octanol–water partition coefficient (Wildman–Crippen LogP) is 6.22. The van der Waals surface area contributed by atoms with Crippen molar-refractivity contribution in [1.29, 1.82) is 0 Å². The Bertz CT molecular complexity index is 1030. The number of benzene rings is 3. The maximum Gasteiger partial charge on any atom is 0.262 e. The SMILES string of the molecule is CCCCCCCCNC(=S)Oc1c(-c2ccccc2)cc2ccccc2c1C(N)=O. The normalized spacial score (nSPS) is 10.7. The van der Waals surface area contributed by atoms with Gasteiger partial charge in [-0.15, -0.1) is 0 Å². The Morgan fingerprint density at radius 1 is 0.968 bits per heavy atom. The first-order valence-electron chi connectivity index (χ1n) is 11.0. The highest BCUT2D eigenvalue weighted by Crippen LogP contribution is 2.38. The van der Waals surface area contributed by atoms with Crippen LogP contribution in [0.3, 0.4) is 0 Å². The van der Waals surface area contributed by atoms with Gasteiger partial charge in [0.25, 0.3) is 11.1 Å². The molecule has 0 aliphatic heterocycles. The Hall–Kier alpha value is -2.92. The molecule has 0 saturated heterocycles. The number of amides is 1. The molecule has 162 valence electrons. The summed E-state index contributed by atoms with van der Waals surface area (Å²) in [5.41, 5.74) is 7.87. The van der Waals surface area contributed by atoms with Crippen LogP contribution in [0.4, 0.5) is 0 Å². The quantitative estimate of drug-likeness (QED) is 0.294. The second kappa shape index (κ2) is 11.5. The van der Waals surface area contributed by atoms with Gasteiger partial charge in [-0.3, -0.25) is 4.79 Å². The molecule has 5 heteroatoms. The fourth-order valence-electron chi connectivity index (χ4n) is 3.74. The molecule has 3 aromatic rings. The van der Waals surface area contributed by atoms with Crippen LogP contribution in [0.2, 0.25) is 0 Å². The molecule has 0 aliphatic carbocycles. The molecule has 31 heavy (non-hydrogen) atoms. The van der Waals surface area contributed by atoms with Crippen molar-refractivity contribution in [2.24, 2.45) is 5.73 Å². The van der Waals surface area contributed by atoms with E-state index in [1.54, 1.807) is 0 Å². The Labute approximate surface area is 189 Å². The molecular formula is C26H30N2O2S. The topological polar surface area (TPSA) is 64.3 Å². The van der Waals surface area contributed by atoms with Gasteiger partial charge < -0.3 is 15.8 Å². The minimum Gasteiger partial charge on any atom is -0.430 e. The monoisotopic (exact) mass is 434 g/mol. The zero-order valence-corrected chi connectivity index (χ0v) is 18.8. The highest BCUT2D eigenvalue weighted by Gasteiger charge is 2.21. The van der Waals surface area contributed by atoms with Crippen LogP contribution in [0, 0.1) is 0 Å². The van der Waals surface area contributed by atoms with E-state index in [9.17, 15) is 4.79 Å². The van der Waals surface area contributed by atoms with E-state index < -0.39 is 5.91 Å². The first kappa shape index (κ1) is 22.8. The van der Waals surface area contributed by atoms with Gasteiger partial charge in [-0.1, -0.05) is 93.6 Å². The molecule has 0 fully saturated rings. The molecule has 0 heterocycles. The van der Waals surface area contributed by atoms with Crippen LogP contribution in [-0.2, 0) is 0 Å². The summed E-state index contributed by atoms with van der Waals surface area (Å²) in [5, 5.41) is 5.10. The van der Waals surface area contributed by atoms with E-state index in [1.807, 2.05) is 60.7 Å². The number of hydrogen-bond donors (Lipinski definition) is 2. The number of rotatable bonds is 10. The van der Waals surface area contributed by atoms with Crippen LogP contribution in [0.5, 0.6) is 5.75 Å². The van der Waals surface area contributed by atoms with Crippen LogP contribution >= 0.6 is 12.2 Å². The number of hydrogen-bond acceptors (Lipinski definition) is 3. The molecule has 0 aliphatic rings. The minimum atomic E-state index is -0.539. The zero-order valence-electron chi connectivity index (χ0n) is 18.0.